The van der Waals surface area contributed by atoms with E-state index in [1.807, 2.05) is 0 Å². The van der Waals surface area contributed by atoms with Crippen LogP contribution in [0, 0.1) is 0 Å². The van der Waals surface area contributed by atoms with E-state index in [0.29, 0.717) is 19.3 Å². The lowest BCUT2D eigenvalue weighted by molar-refractivity contribution is -0.167. The Morgan fingerprint density at radius 1 is 0.312 bits per heavy atom. The van der Waals surface area contributed by atoms with Crippen molar-refractivity contribution in [2.45, 2.75) is 303 Å². The van der Waals surface area contributed by atoms with Crippen LogP contribution >= 0.6 is 0 Å². The van der Waals surface area contributed by atoms with Crippen molar-refractivity contribution in [3.8, 4) is 0 Å². The van der Waals surface area contributed by atoms with Gasteiger partial charge in [0.1, 0.15) is 13.2 Å². The minimum Gasteiger partial charge on any atom is -0.462 e. The molecule has 0 amide bonds. The van der Waals surface area contributed by atoms with Crippen molar-refractivity contribution in [3.63, 3.8) is 0 Å². The van der Waals surface area contributed by atoms with Crippen LogP contribution < -0.4 is 0 Å². The fourth-order valence-electron chi connectivity index (χ4n) is 8.12. The van der Waals surface area contributed by atoms with Gasteiger partial charge in [-0.05, 0) is 77.0 Å². The van der Waals surface area contributed by atoms with Gasteiger partial charge in [0.2, 0.25) is 0 Å². The maximum absolute atomic E-state index is 12.8. The molecular weight excluding hydrogens is 793 g/mol. The number of unbranched alkanes of at least 4 members (excludes halogenated alkanes) is 34. The van der Waals surface area contributed by atoms with Crippen molar-refractivity contribution in [2.24, 2.45) is 0 Å². The molecule has 0 heterocycles. The molecule has 0 fully saturated rings. The molecule has 0 saturated heterocycles. The summed E-state index contributed by atoms with van der Waals surface area (Å²) >= 11 is 0. The summed E-state index contributed by atoms with van der Waals surface area (Å²) in [5.41, 5.74) is 0. The van der Waals surface area contributed by atoms with Crippen molar-refractivity contribution in [2.75, 3.05) is 13.2 Å². The highest BCUT2D eigenvalue weighted by atomic mass is 16.6. The smallest absolute Gasteiger partial charge is 0.306 e. The summed E-state index contributed by atoms with van der Waals surface area (Å²) in [4.78, 5) is 38.1. The first-order valence-corrected chi connectivity index (χ1v) is 28.0. The minimum absolute atomic E-state index is 0.0757. The van der Waals surface area contributed by atoms with Crippen LogP contribution in [0.15, 0.2) is 36.5 Å². The van der Waals surface area contributed by atoms with Crippen LogP contribution in [0.25, 0.3) is 0 Å². The Labute approximate surface area is 397 Å². The summed E-state index contributed by atoms with van der Waals surface area (Å²) in [6.45, 7) is 6.63. The first-order valence-electron chi connectivity index (χ1n) is 28.0. The van der Waals surface area contributed by atoms with E-state index in [2.05, 4.69) is 57.2 Å². The molecule has 6 nitrogen and oxygen atoms in total. The molecule has 0 aliphatic heterocycles. The fourth-order valence-corrected chi connectivity index (χ4v) is 8.12. The molecule has 1 atom stereocenters. The number of hydrogen-bond donors (Lipinski definition) is 0. The summed E-state index contributed by atoms with van der Waals surface area (Å²) in [7, 11) is 0. The maximum atomic E-state index is 12.8. The molecule has 0 aromatic rings. The van der Waals surface area contributed by atoms with Gasteiger partial charge in [0.25, 0.3) is 0 Å². The molecule has 0 saturated carbocycles. The zero-order valence-electron chi connectivity index (χ0n) is 42.8. The summed E-state index contributed by atoms with van der Waals surface area (Å²) in [6.07, 6.45) is 62.7. The van der Waals surface area contributed by atoms with Gasteiger partial charge in [-0.3, -0.25) is 14.4 Å². The quantitative estimate of drug-likeness (QED) is 0.0262. The molecule has 0 bridgehead atoms. The van der Waals surface area contributed by atoms with E-state index in [4.69, 9.17) is 14.2 Å². The maximum Gasteiger partial charge on any atom is 0.306 e. The molecule has 0 spiro atoms. The molecule has 64 heavy (non-hydrogen) atoms. The molecular formula is C58H106O6. The monoisotopic (exact) mass is 899 g/mol. The summed E-state index contributed by atoms with van der Waals surface area (Å²) < 4.78 is 16.8. The van der Waals surface area contributed by atoms with Crippen molar-refractivity contribution < 1.29 is 28.6 Å². The molecule has 374 valence electrons. The highest BCUT2D eigenvalue weighted by Crippen LogP contribution is 2.16. The van der Waals surface area contributed by atoms with Gasteiger partial charge in [-0.15, -0.1) is 0 Å². The number of carbonyl (C=O) groups is 3. The Morgan fingerprint density at radius 2 is 0.562 bits per heavy atom. The standard InChI is InChI=1S/C58H106O6/c1-4-7-10-13-16-19-22-25-27-28-29-31-33-36-39-42-45-48-51-57(60)63-54-55(53-62-56(59)50-47-44-41-38-35-32-24-21-18-15-12-9-6-3)64-58(61)52-49-46-43-40-37-34-30-26-23-20-17-14-11-8-5-2/h19,21-22,24,27-28,55H,4-18,20,23,25-26,29-54H2,1-3H3/b22-19-,24-21-,28-27-. The number of allylic oxidation sites excluding steroid dienone is 6. The van der Waals surface area contributed by atoms with Gasteiger partial charge in [-0.2, -0.15) is 0 Å². The molecule has 6 heteroatoms. The Bertz CT molecular complexity index is 1080. The van der Waals surface area contributed by atoms with E-state index in [9.17, 15) is 14.4 Å². The highest BCUT2D eigenvalue weighted by molar-refractivity contribution is 5.71. The second kappa shape index (κ2) is 53.2. The SMILES string of the molecule is CCCCCC/C=C\C/C=C\CCCCCCCCCC(=O)OCC(COC(=O)CCCCCCC/C=C\CCCCCC)OC(=O)CCCCCCCCCCCCCCCCC. The predicted octanol–water partition coefficient (Wildman–Crippen LogP) is 18.5. The number of rotatable bonds is 51. The van der Waals surface area contributed by atoms with E-state index in [-0.39, 0.29) is 31.1 Å². The third kappa shape index (κ3) is 50.6. The summed E-state index contributed by atoms with van der Waals surface area (Å²) in [6, 6.07) is 0. The van der Waals surface area contributed by atoms with E-state index in [1.54, 1.807) is 0 Å². The predicted molar refractivity (Wildman–Crippen MR) is 275 cm³/mol. The molecule has 0 aliphatic carbocycles. The first kappa shape index (κ1) is 61.6. The van der Waals surface area contributed by atoms with Gasteiger partial charge in [-0.25, -0.2) is 0 Å². The van der Waals surface area contributed by atoms with Gasteiger partial charge in [0, 0.05) is 19.3 Å². The highest BCUT2D eigenvalue weighted by Gasteiger charge is 2.19. The molecule has 0 aromatic heterocycles. The number of ether oxygens (including phenoxy) is 3. The lowest BCUT2D eigenvalue weighted by atomic mass is 10.0. The third-order valence-corrected chi connectivity index (χ3v) is 12.4. The van der Waals surface area contributed by atoms with E-state index >= 15 is 0 Å². The van der Waals surface area contributed by atoms with Gasteiger partial charge < -0.3 is 14.2 Å². The Kier molecular flexibility index (Phi) is 51.3. The average Bonchev–Trinajstić information content (AvgIpc) is 3.29. The normalized spacial score (nSPS) is 12.2. The van der Waals surface area contributed by atoms with Gasteiger partial charge >= 0.3 is 17.9 Å². The second-order valence-corrected chi connectivity index (χ2v) is 18.8. The van der Waals surface area contributed by atoms with Crippen LogP contribution in [-0.2, 0) is 28.6 Å². The van der Waals surface area contributed by atoms with Crippen molar-refractivity contribution in [1.82, 2.24) is 0 Å². The molecule has 0 radical (unpaired) electrons. The van der Waals surface area contributed by atoms with Crippen LogP contribution in [0.5, 0.6) is 0 Å². The van der Waals surface area contributed by atoms with Crippen LogP contribution in [-0.4, -0.2) is 37.2 Å². The zero-order chi connectivity index (χ0) is 46.5. The van der Waals surface area contributed by atoms with Gasteiger partial charge in [0.15, 0.2) is 6.10 Å². The largest absolute Gasteiger partial charge is 0.462 e. The number of hydrogen-bond acceptors (Lipinski definition) is 6. The minimum atomic E-state index is -0.775. The number of esters is 3. The summed E-state index contributed by atoms with van der Waals surface area (Å²) in [5, 5.41) is 0. The van der Waals surface area contributed by atoms with Crippen LogP contribution in [0.4, 0.5) is 0 Å². The molecule has 1 unspecified atom stereocenters. The van der Waals surface area contributed by atoms with Crippen LogP contribution in [0.1, 0.15) is 297 Å². The lowest BCUT2D eigenvalue weighted by Crippen LogP contribution is -2.30. The molecule has 0 N–H and O–H groups in total. The first-order chi connectivity index (χ1) is 31.5. The van der Waals surface area contributed by atoms with E-state index in [0.717, 1.165) is 77.0 Å². The fraction of sp³-hybridized carbons (Fsp3) is 0.845. The van der Waals surface area contributed by atoms with Crippen LogP contribution in [0.2, 0.25) is 0 Å². The van der Waals surface area contributed by atoms with Crippen molar-refractivity contribution in [1.29, 1.82) is 0 Å². The van der Waals surface area contributed by atoms with Crippen molar-refractivity contribution >= 4 is 17.9 Å². The Hall–Kier alpha value is -2.37. The average molecular weight is 899 g/mol. The lowest BCUT2D eigenvalue weighted by Gasteiger charge is -2.18. The van der Waals surface area contributed by atoms with Gasteiger partial charge in [0.05, 0.1) is 0 Å². The van der Waals surface area contributed by atoms with E-state index < -0.39 is 6.10 Å². The third-order valence-electron chi connectivity index (χ3n) is 12.4. The number of carbonyl (C=O) groups excluding carboxylic acids is 3. The summed E-state index contributed by atoms with van der Waals surface area (Å²) in [5.74, 6) is -0.876. The Balaban J connectivity index is 4.35. The van der Waals surface area contributed by atoms with Gasteiger partial charge in [-0.1, -0.05) is 237 Å². The molecule has 0 rings (SSSR count). The van der Waals surface area contributed by atoms with Crippen LogP contribution in [0.3, 0.4) is 0 Å². The zero-order valence-corrected chi connectivity index (χ0v) is 42.8. The topological polar surface area (TPSA) is 78.9 Å². The second-order valence-electron chi connectivity index (χ2n) is 18.8. The molecule has 0 aromatic carbocycles. The Morgan fingerprint density at radius 3 is 0.891 bits per heavy atom. The molecule has 0 aliphatic rings. The van der Waals surface area contributed by atoms with E-state index in [1.165, 1.54) is 180 Å². The van der Waals surface area contributed by atoms with Crippen molar-refractivity contribution in [3.05, 3.63) is 36.5 Å².